The van der Waals surface area contributed by atoms with Crippen molar-refractivity contribution in [1.29, 1.82) is 0 Å². The van der Waals surface area contributed by atoms with E-state index < -0.39 is 0 Å². The van der Waals surface area contributed by atoms with Gasteiger partial charge in [-0.3, -0.25) is 4.79 Å². The van der Waals surface area contributed by atoms with Crippen LogP contribution in [0.3, 0.4) is 0 Å². The summed E-state index contributed by atoms with van der Waals surface area (Å²) >= 11 is 1.50. The van der Waals surface area contributed by atoms with Gasteiger partial charge in [-0.15, -0.1) is 11.3 Å². The minimum atomic E-state index is -0.192. The highest BCUT2D eigenvalue weighted by Crippen LogP contribution is 2.31. The van der Waals surface area contributed by atoms with Gasteiger partial charge in [-0.1, -0.05) is 30.3 Å². The summed E-state index contributed by atoms with van der Waals surface area (Å²) in [6, 6.07) is 17.4. The van der Waals surface area contributed by atoms with E-state index in [2.05, 4.69) is 4.98 Å². The van der Waals surface area contributed by atoms with E-state index in [1.807, 2.05) is 68.4 Å². The van der Waals surface area contributed by atoms with Gasteiger partial charge in [0.05, 0.1) is 22.9 Å². The van der Waals surface area contributed by atoms with Crippen LogP contribution in [0.4, 0.5) is 0 Å². The van der Waals surface area contributed by atoms with Crippen LogP contribution in [0.2, 0.25) is 0 Å². The Labute approximate surface area is 160 Å². The normalized spacial score (nSPS) is 12.3. The van der Waals surface area contributed by atoms with Gasteiger partial charge in [0.25, 0.3) is 5.56 Å². The van der Waals surface area contributed by atoms with Gasteiger partial charge < -0.3 is 4.74 Å². The first kappa shape index (κ1) is 17.4. The zero-order valence-corrected chi connectivity index (χ0v) is 16.2. The standard InChI is InChI=1S/C21H19N3O2S/c1-13(15-7-5-4-6-8-15)24-21(25)19-20(27-14(2)22-19)18(23-24)16-9-11-17(26-3)12-10-16/h4-13H,1-3H3. The average molecular weight is 377 g/mol. The van der Waals surface area contributed by atoms with Crippen LogP contribution in [0.1, 0.15) is 23.5 Å². The number of thiazole rings is 1. The number of rotatable bonds is 4. The molecule has 0 aliphatic carbocycles. The molecule has 136 valence electrons. The lowest BCUT2D eigenvalue weighted by Gasteiger charge is -2.16. The van der Waals surface area contributed by atoms with Gasteiger partial charge in [0, 0.05) is 5.56 Å². The molecular weight excluding hydrogens is 358 g/mol. The lowest BCUT2D eigenvalue weighted by atomic mass is 10.1. The SMILES string of the molecule is COc1ccc(-c2nn(C(C)c3ccccc3)c(=O)c3nc(C)sc23)cc1. The van der Waals surface area contributed by atoms with Crippen LogP contribution < -0.4 is 10.3 Å². The molecule has 1 unspecified atom stereocenters. The molecule has 0 radical (unpaired) electrons. The van der Waals surface area contributed by atoms with Crippen LogP contribution in [-0.2, 0) is 0 Å². The van der Waals surface area contributed by atoms with Crippen LogP contribution in [-0.4, -0.2) is 21.9 Å². The van der Waals surface area contributed by atoms with E-state index in [-0.39, 0.29) is 11.6 Å². The van der Waals surface area contributed by atoms with Crippen molar-refractivity contribution < 1.29 is 4.74 Å². The minimum Gasteiger partial charge on any atom is -0.497 e. The van der Waals surface area contributed by atoms with Gasteiger partial charge in [0.1, 0.15) is 11.4 Å². The van der Waals surface area contributed by atoms with Gasteiger partial charge >= 0.3 is 0 Å². The highest BCUT2D eigenvalue weighted by atomic mass is 32.1. The van der Waals surface area contributed by atoms with E-state index in [1.165, 1.54) is 16.0 Å². The molecule has 0 aliphatic rings. The molecule has 27 heavy (non-hydrogen) atoms. The number of aromatic nitrogens is 3. The summed E-state index contributed by atoms with van der Waals surface area (Å²) in [6.07, 6.45) is 0. The lowest BCUT2D eigenvalue weighted by molar-refractivity contribution is 0.415. The second kappa shape index (κ2) is 6.96. The first-order valence-electron chi connectivity index (χ1n) is 8.68. The average Bonchev–Trinajstić information content (AvgIpc) is 3.11. The van der Waals surface area contributed by atoms with Crippen molar-refractivity contribution in [1.82, 2.24) is 14.8 Å². The second-order valence-corrected chi connectivity index (χ2v) is 7.53. The molecule has 4 aromatic rings. The summed E-state index contributed by atoms with van der Waals surface area (Å²) in [7, 11) is 1.64. The Kier molecular flexibility index (Phi) is 4.49. The molecule has 2 heterocycles. The van der Waals surface area contributed by atoms with Gasteiger partial charge in [0.2, 0.25) is 0 Å². The van der Waals surface area contributed by atoms with Crippen molar-refractivity contribution in [3.8, 4) is 17.0 Å². The molecule has 0 fully saturated rings. The Bertz CT molecular complexity index is 1150. The number of benzene rings is 2. The Morgan fingerprint density at radius 2 is 1.78 bits per heavy atom. The van der Waals surface area contributed by atoms with E-state index in [0.29, 0.717) is 5.52 Å². The Hall–Kier alpha value is -2.99. The summed E-state index contributed by atoms with van der Waals surface area (Å²) in [5.74, 6) is 0.779. The van der Waals surface area contributed by atoms with Crippen molar-refractivity contribution in [2.24, 2.45) is 0 Å². The molecule has 1 atom stereocenters. The Balaban J connectivity index is 1.95. The van der Waals surface area contributed by atoms with Gasteiger partial charge in [-0.2, -0.15) is 5.10 Å². The smallest absolute Gasteiger partial charge is 0.294 e. The van der Waals surface area contributed by atoms with E-state index in [0.717, 1.165) is 32.3 Å². The van der Waals surface area contributed by atoms with Gasteiger partial charge in [0.15, 0.2) is 5.52 Å². The minimum absolute atomic E-state index is 0.164. The molecule has 6 heteroatoms. The molecule has 0 N–H and O–H groups in total. The first-order valence-corrected chi connectivity index (χ1v) is 9.49. The van der Waals surface area contributed by atoms with E-state index in [1.54, 1.807) is 7.11 Å². The largest absolute Gasteiger partial charge is 0.497 e. The highest BCUT2D eigenvalue weighted by Gasteiger charge is 2.20. The predicted molar refractivity (Wildman–Crippen MR) is 109 cm³/mol. The van der Waals surface area contributed by atoms with Crippen molar-refractivity contribution in [2.75, 3.05) is 7.11 Å². The number of methoxy groups -OCH3 is 1. The number of hydrogen-bond acceptors (Lipinski definition) is 5. The zero-order valence-electron chi connectivity index (χ0n) is 15.3. The van der Waals surface area contributed by atoms with E-state index >= 15 is 0 Å². The summed E-state index contributed by atoms with van der Waals surface area (Å²) in [6.45, 7) is 3.89. The molecule has 0 saturated carbocycles. The fourth-order valence-electron chi connectivity index (χ4n) is 3.11. The third kappa shape index (κ3) is 3.13. The molecular formula is C21H19N3O2S. The molecule has 0 bridgehead atoms. The number of ether oxygens (including phenoxy) is 1. The third-order valence-electron chi connectivity index (χ3n) is 4.58. The Morgan fingerprint density at radius 3 is 2.44 bits per heavy atom. The zero-order chi connectivity index (χ0) is 19.0. The monoisotopic (exact) mass is 377 g/mol. The maximum Gasteiger partial charge on any atom is 0.294 e. The van der Waals surface area contributed by atoms with Crippen LogP contribution in [0, 0.1) is 6.92 Å². The topological polar surface area (TPSA) is 57.0 Å². The number of fused-ring (bicyclic) bond motifs is 1. The number of hydrogen-bond donors (Lipinski definition) is 0. The predicted octanol–water partition coefficient (Wildman–Crippen LogP) is 4.45. The van der Waals surface area contributed by atoms with Crippen molar-refractivity contribution in [2.45, 2.75) is 19.9 Å². The van der Waals surface area contributed by atoms with Crippen LogP contribution in [0.5, 0.6) is 5.75 Å². The fourth-order valence-corrected chi connectivity index (χ4v) is 4.03. The molecule has 5 nitrogen and oxygen atoms in total. The third-order valence-corrected chi connectivity index (χ3v) is 5.56. The van der Waals surface area contributed by atoms with Gasteiger partial charge in [-0.25, -0.2) is 9.67 Å². The van der Waals surface area contributed by atoms with Crippen molar-refractivity contribution >= 4 is 21.6 Å². The number of nitrogens with zero attached hydrogens (tertiary/aromatic N) is 3. The van der Waals surface area contributed by atoms with Crippen molar-refractivity contribution in [3.63, 3.8) is 0 Å². The molecule has 0 aliphatic heterocycles. The highest BCUT2D eigenvalue weighted by molar-refractivity contribution is 7.19. The first-order chi connectivity index (χ1) is 13.1. The van der Waals surface area contributed by atoms with E-state index in [4.69, 9.17) is 9.84 Å². The van der Waals surface area contributed by atoms with Gasteiger partial charge in [-0.05, 0) is 43.7 Å². The molecule has 2 aromatic heterocycles. The van der Waals surface area contributed by atoms with E-state index in [9.17, 15) is 4.79 Å². The van der Waals surface area contributed by atoms with Crippen LogP contribution >= 0.6 is 11.3 Å². The number of aryl methyl sites for hydroxylation is 1. The summed E-state index contributed by atoms with van der Waals surface area (Å²) < 4.78 is 7.61. The fraction of sp³-hybridized carbons (Fsp3) is 0.190. The molecule has 0 amide bonds. The molecule has 0 saturated heterocycles. The lowest BCUT2D eigenvalue weighted by Crippen LogP contribution is -2.27. The van der Waals surface area contributed by atoms with Crippen LogP contribution in [0.15, 0.2) is 59.4 Å². The summed E-state index contributed by atoms with van der Waals surface area (Å²) in [5.41, 5.74) is 3.03. The van der Waals surface area contributed by atoms with Crippen molar-refractivity contribution in [3.05, 3.63) is 75.5 Å². The molecule has 0 spiro atoms. The van der Waals surface area contributed by atoms with Crippen LogP contribution in [0.25, 0.3) is 21.5 Å². The molecule has 2 aromatic carbocycles. The summed E-state index contributed by atoms with van der Waals surface area (Å²) in [4.78, 5) is 17.6. The second-order valence-electron chi connectivity index (χ2n) is 6.32. The summed E-state index contributed by atoms with van der Waals surface area (Å²) in [5, 5.41) is 5.60. The quantitative estimate of drug-likeness (QED) is 0.527. The maximum atomic E-state index is 13.1. The molecule has 4 rings (SSSR count). The maximum absolute atomic E-state index is 13.1. The Morgan fingerprint density at radius 1 is 1.07 bits per heavy atom.